The highest BCUT2D eigenvalue weighted by Gasteiger charge is 2.20. The molecule has 138 valence electrons. The second-order valence-electron chi connectivity index (χ2n) is 6.88. The number of hydrogen-bond donors (Lipinski definition) is 0. The van der Waals surface area contributed by atoms with E-state index >= 15 is 0 Å². The van der Waals surface area contributed by atoms with Crippen molar-refractivity contribution >= 4 is 22.4 Å². The van der Waals surface area contributed by atoms with Gasteiger partial charge in [-0.3, -0.25) is 4.98 Å². The van der Waals surface area contributed by atoms with Crippen LogP contribution in [0.3, 0.4) is 0 Å². The van der Waals surface area contributed by atoms with Gasteiger partial charge in [-0.25, -0.2) is 4.98 Å². The number of piperazine rings is 1. The smallest absolute Gasteiger partial charge is 0.246 e. The first-order valence-electron chi connectivity index (χ1n) is 9.46. The molecule has 3 heterocycles. The molecule has 0 spiro atoms. The van der Waals surface area contributed by atoms with Crippen molar-refractivity contribution in [1.82, 2.24) is 20.2 Å². The first-order chi connectivity index (χ1) is 13.9. The Hall–Kier alpha value is -3.54. The van der Waals surface area contributed by atoms with Gasteiger partial charge in [-0.2, -0.15) is 5.10 Å². The number of aromatic nitrogens is 4. The van der Waals surface area contributed by atoms with E-state index in [1.807, 2.05) is 24.5 Å². The van der Waals surface area contributed by atoms with Crippen molar-refractivity contribution in [3.8, 4) is 11.3 Å². The van der Waals surface area contributed by atoms with Gasteiger partial charge in [0.05, 0.1) is 11.9 Å². The van der Waals surface area contributed by atoms with Gasteiger partial charge >= 0.3 is 0 Å². The highest BCUT2D eigenvalue weighted by atomic mass is 15.4. The predicted octanol–water partition coefficient (Wildman–Crippen LogP) is 3.41. The zero-order valence-electron chi connectivity index (χ0n) is 15.4. The molecule has 6 nitrogen and oxygen atoms in total. The summed E-state index contributed by atoms with van der Waals surface area (Å²) in [6.07, 6.45) is 5.41. The molecule has 0 aliphatic carbocycles. The van der Waals surface area contributed by atoms with E-state index in [9.17, 15) is 0 Å². The first kappa shape index (κ1) is 16.6. The van der Waals surface area contributed by atoms with E-state index in [0.717, 1.165) is 37.4 Å². The zero-order chi connectivity index (χ0) is 18.8. The fraction of sp³-hybridized carbons (Fsp3) is 0.182. The molecule has 0 saturated carbocycles. The number of hydrogen-bond acceptors (Lipinski definition) is 6. The van der Waals surface area contributed by atoms with Gasteiger partial charge in [0.2, 0.25) is 5.95 Å². The Labute approximate surface area is 163 Å². The topological polar surface area (TPSA) is 58.0 Å². The van der Waals surface area contributed by atoms with Crippen LogP contribution in [0.1, 0.15) is 0 Å². The molecule has 1 aliphatic rings. The third-order valence-electron chi connectivity index (χ3n) is 5.18. The summed E-state index contributed by atoms with van der Waals surface area (Å²) in [5.74, 6) is 0.694. The molecular weight excluding hydrogens is 348 g/mol. The van der Waals surface area contributed by atoms with E-state index in [0.29, 0.717) is 5.95 Å². The Morgan fingerprint density at radius 2 is 1.50 bits per heavy atom. The molecule has 6 heteroatoms. The Bertz CT molecular complexity index is 1090. The summed E-state index contributed by atoms with van der Waals surface area (Å²) >= 11 is 0. The van der Waals surface area contributed by atoms with E-state index in [4.69, 9.17) is 4.98 Å². The van der Waals surface area contributed by atoms with Gasteiger partial charge < -0.3 is 9.80 Å². The third-order valence-corrected chi connectivity index (χ3v) is 5.18. The standard InChI is InChI=1S/C22H20N6/c1-2-4-18-15-19(6-5-17(18)3-1)21-16-24-26-22(25-21)28-13-11-27(12-14-28)20-7-9-23-10-8-20/h1-10,15-16H,11-14H2. The molecule has 1 aliphatic heterocycles. The summed E-state index contributed by atoms with van der Waals surface area (Å²) in [6.45, 7) is 3.58. The van der Waals surface area contributed by atoms with Crippen molar-refractivity contribution in [2.75, 3.05) is 36.0 Å². The van der Waals surface area contributed by atoms with Crippen LogP contribution in [0.25, 0.3) is 22.0 Å². The third kappa shape index (κ3) is 3.24. The van der Waals surface area contributed by atoms with Gasteiger partial charge in [0.25, 0.3) is 0 Å². The Kier molecular flexibility index (Phi) is 4.29. The minimum Gasteiger partial charge on any atom is -0.368 e. The summed E-state index contributed by atoms with van der Waals surface area (Å²) in [5, 5.41) is 10.9. The SMILES string of the molecule is c1ccc2cc(-c3cnnc(N4CCN(c5ccncc5)CC4)n3)ccc2c1. The molecule has 0 amide bonds. The van der Waals surface area contributed by atoms with E-state index < -0.39 is 0 Å². The number of pyridine rings is 1. The average Bonchev–Trinajstić information content (AvgIpc) is 2.79. The van der Waals surface area contributed by atoms with Crippen LogP contribution in [0.4, 0.5) is 11.6 Å². The lowest BCUT2D eigenvalue weighted by Crippen LogP contribution is -2.47. The van der Waals surface area contributed by atoms with Crippen molar-refractivity contribution < 1.29 is 0 Å². The van der Waals surface area contributed by atoms with Crippen molar-refractivity contribution in [2.24, 2.45) is 0 Å². The number of rotatable bonds is 3. The van der Waals surface area contributed by atoms with Crippen molar-refractivity contribution in [3.05, 3.63) is 73.2 Å². The summed E-state index contributed by atoms with van der Waals surface area (Å²) in [7, 11) is 0. The normalized spacial score (nSPS) is 14.4. The highest BCUT2D eigenvalue weighted by molar-refractivity contribution is 5.86. The minimum atomic E-state index is 0.694. The molecule has 2 aromatic carbocycles. The quantitative estimate of drug-likeness (QED) is 0.552. The molecule has 5 rings (SSSR count). The maximum Gasteiger partial charge on any atom is 0.246 e. The molecule has 0 unspecified atom stereocenters. The number of anilines is 2. The zero-order valence-corrected chi connectivity index (χ0v) is 15.4. The van der Waals surface area contributed by atoms with Crippen LogP contribution >= 0.6 is 0 Å². The number of benzene rings is 2. The Balaban J connectivity index is 1.36. The van der Waals surface area contributed by atoms with Crippen LogP contribution < -0.4 is 9.80 Å². The monoisotopic (exact) mass is 368 g/mol. The van der Waals surface area contributed by atoms with Crippen LogP contribution in [-0.4, -0.2) is 46.3 Å². The molecule has 0 radical (unpaired) electrons. The Morgan fingerprint density at radius 3 is 2.32 bits per heavy atom. The van der Waals surface area contributed by atoms with Crippen molar-refractivity contribution in [1.29, 1.82) is 0 Å². The summed E-state index contributed by atoms with van der Waals surface area (Å²) in [6, 6.07) is 18.8. The predicted molar refractivity (Wildman–Crippen MR) is 111 cm³/mol. The van der Waals surface area contributed by atoms with Gasteiger partial charge in [-0.1, -0.05) is 36.4 Å². The Morgan fingerprint density at radius 1 is 0.750 bits per heavy atom. The van der Waals surface area contributed by atoms with Gasteiger partial charge in [0.1, 0.15) is 0 Å². The lowest BCUT2D eigenvalue weighted by atomic mass is 10.1. The van der Waals surface area contributed by atoms with E-state index in [1.165, 1.54) is 16.5 Å². The molecule has 2 aromatic heterocycles. The maximum atomic E-state index is 4.80. The molecule has 0 N–H and O–H groups in total. The minimum absolute atomic E-state index is 0.694. The van der Waals surface area contributed by atoms with Crippen LogP contribution in [0.5, 0.6) is 0 Å². The van der Waals surface area contributed by atoms with Gasteiger partial charge in [-0.15, -0.1) is 5.10 Å². The van der Waals surface area contributed by atoms with Gasteiger partial charge in [0.15, 0.2) is 0 Å². The maximum absolute atomic E-state index is 4.80. The number of nitrogens with zero attached hydrogens (tertiary/aromatic N) is 6. The summed E-state index contributed by atoms with van der Waals surface area (Å²) in [4.78, 5) is 13.5. The van der Waals surface area contributed by atoms with Crippen LogP contribution in [-0.2, 0) is 0 Å². The van der Waals surface area contributed by atoms with E-state index in [2.05, 4.69) is 67.4 Å². The van der Waals surface area contributed by atoms with Crippen molar-refractivity contribution in [3.63, 3.8) is 0 Å². The molecule has 28 heavy (non-hydrogen) atoms. The van der Waals surface area contributed by atoms with E-state index in [-0.39, 0.29) is 0 Å². The van der Waals surface area contributed by atoms with E-state index in [1.54, 1.807) is 6.20 Å². The molecule has 1 fully saturated rings. The van der Waals surface area contributed by atoms with Crippen LogP contribution in [0, 0.1) is 0 Å². The molecule has 4 aromatic rings. The highest BCUT2D eigenvalue weighted by Crippen LogP contribution is 2.24. The molecular formula is C22H20N6. The second kappa shape index (κ2) is 7.23. The number of fused-ring (bicyclic) bond motifs is 1. The van der Waals surface area contributed by atoms with Crippen LogP contribution in [0.2, 0.25) is 0 Å². The lowest BCUT2D eigenvalue weighted by Gasteiger charge is -2.35. The first-order valence-corrected chi connectivity index (χ1v) is 9.46. The fourth-order valence-electron chi connectivity index (χ4n) is 3.64. The van der Waals surface area contributed by atoms with Crippen LogP contribution in [0.15, 0.2) is 73.2 Å². The van der Waals surface area contributed by atoms with Crippen molar-refractivity contribution in [2.45, 2.75) is 0 Å². The summed E-state index contributed by atoms with van der Waals surface area (Å²) in [5.41, 5.74) is 3.12. The lowest BCUT2D eigenvalue weighted by molar-refractivity contribution is 0.635. The molecule has 1 saturated heterocycles. The molecule has 0 atom stereocenters. The van der Waals surface area contributed by atoms with Gasteiger partial charge in [-0.05, 0) is 29.0 Å². The summed E-state index contributed by atoms with van der Waals surface area (Å²) < 4.78 is 0. The largest absolute Gasteiger partial charge is 0.368 e. The average molecular weight is 368 g/mol. The molecule has 0 bridgehead atoms. The van der Waals surface area contributed by atoms with Gasteiger partial charge in [0, 0.05) is 49.8 Å². The second-order valence-corrected chi connectivity index (χ2v) is 6.88. The fourth-order valence-corrected chi connectivity index (χ4v) is 3.64.